The van der Waals surface area contributed by atoms with Crippen molar-refractivity contribution in [3.63, 3.8) is 0 Å². The molecule has 0 radical (unpaired) electrons. The number of rotatable bonds is 6. The van der Waals surface area contributed by atoms with Gasteiger partial charge in [-0.05, 0) is 19.4 Å². The lowest BCUT2D eigenvalue weighted by molar-refractivity contribution is -0.151. The zero-order valence-corrected chi connectivity index (χ0v) is 14.2. The molecule has 8 heteroatoms. The molecule has 0 aromatic rings. The minimum atomic E-state index is -0.455. The summed E-state index contributed by atoms with van der Waals surface area (Å²) in [5, 5.41) is 0. The van der Waals surface area contributed by atoms with Crippen LogP contribution in [-0.2, 0) is 23.9 Å². The van der Waals surface area contributed by atoms with Crippen molar-refractivity contribution in [3.8, 4) is 0 Å². The number of carbonyl (C=O) groups is 4. The van der Waals surface area contributed by atoms with Crippen molar-refractivity contribution in [2.45, 2.75) is 32.6 Å². The molecule has 0 aliphatic carbocycles. The Kier molecular flexibility index (Phi) is 6.72. The lowest BCUT2D eigenvalue weighted by atomic mass is 10.1. The van der Waals surface area contributed by atoms with Gasteiger partial charge in [0.1, 0.15) is 0 Å². The van der Waals surface area contributed by atoms with Gasteiger partial charge in [0.05, 0.1) is 0 Å². The normalized spacial score (nSPS) is 19.5. The van der Waals surface area contributed by atoms with Crippen molar-refractivity contribution < 1.29 is 23.9 Å². The predicted molar refractivity (Wildman–Crippen MR) is 84.8 cm³/mol. The molecule has 134 valence electrons. The number of imide groups is 1. The largest absolute Gasteiger partial charge is 0.456 e. The first-order chi connectivity index (χ1) is 11.5. The van der Waals surface area contributed by atoms with Crippen molar-refractivity contribution in [3.05, 3.63) is 0 Å². The van der Waals surface area contributed by atoms with E-state index in [4.69, 9.17) is 4.74 Å². The van der Waals surface area contributed by atoms with E-state index in [0.717, 1.165) is 26.1 Å². The predicted octanol–water partition coefficient (Wildman–Crippen LogP) is -0.377. The van der Waals surface area contributed by atoms with Gasteiger partial charge in [-0.25, -0.2) is 0 Å². The Hall–Kier alpha value is -1.96. The summed E-state index contributed by atoms with van der Waals surface area (Å²) in [5.74, 6) is -0.752. The molecule has 2 rings (SSSR count). The van der Waals surface area contributed by atoms with Crippen LogP contribution in [0.15, 0.2) is 0 Å². The Morgan fingerprint density at radius 1 is 1.00 bits per heavy atom. The fraction of sp³-hybridized carbons (Fsp3) is 0.750. The Balaban J connectivity index is 1.64. The molecule has 0 bridgehead atoms. The van der Waals surface area contributed by atoms with Crippen molar-refractivity contribution in [2.75, 3.05) is 45.9 Å². The number of hydrogen-bond donors (Lipinski definition) is 0. The third-order valence-electron chi connectivity index (χ3n) is 4.36. The number of esters is 1. The summed E-state index contributed by atoms with van der Waals surface area (Å²) in [6.45, 7) is 5.04. The van der Waals surface area contributed by atoms with Crippen LogP contribution in [0.25, 0.3) is 0 Å². The first-order valence-electron chi connectivity index (χ1n) is 8.44. The van der Waals surface area contributed by atoms with Crippen LogP contribution in [0.5, 0.6) is 0 Å². The minimum absolute atomic E-state index is 0.0628. The molecule has 2 aliphatic heterocycles. The minimum Gasteiger partial charge on any atom is -0.456 e. The van der Waals surface area contributed by atoms with Crippen molar-refractivity contribution in [1.82, 2.24) is 14.7 Å². The second-order valence-corrected chi connectivity index (χ2v) is 6.15. The number of nitrogens with zero attached hydrogens (tertiary/aromatic N) is 3. The Morgan fingerprint density at radius 2 is 1.62 bits per heavy atom. The molecule has 0 saturated carbocycles. The van der Waals surface area contributed by atoms with Gasteiger partial charge in [-0.1, -0.05) is 0 Å². The highest BCUT2D eigenvalue weighted by Gasteiger charge is 2.26. The molecule has 0 aromatic carbocycles. The lowest BCUT2D eigenvalue weighted by Gasteiger charge is -2.35. The van der Waals surface area contributed by atoms with Crippen LogP contribution in [-0.4, -0.2) is 84.3 Å². The summed E-state index contributed by atoms with van der Waals surface area (Å²) in [5.41, 5.74) is 0. The molecule has 0 aromatic heterocycles. The van der Waals surface area contributed by atoms with Gasteiger partial charge in [-0.2, -0.15) is 0 Å². The molecule has 0 unspecified atom stereocenters. The zero-order valence-electron chi connectivity index (χ0n) is 14.2. The third kappa shape index (κ3) is 5.30. The van der Waals surface area contributed by atoms with E-state index < -0.39 is 5.97 Å². The molecule has 3 amide bonds. The number of likely N-dealkylation sites (tertiary alicyclic amines) is 1. The van der Waals surface area contributed by atoms with Gasteiger partial charge < -0.3 is 9.64 Å². The highest BCUT2D eigenvalue weighted by atomic mass is 16.5. The van der Waals surface area contributed by atoms with E-state index in [0.29, 0.717) is 38.9 Å². The van der Waals surface area contributed by atoms with E-state index in [2.05, 4.69) is 4.90 Å². The van der Waals surface area contributed by atoms with Crippen LogP contribution in [0.1, 0.15) is 32.6 Å². The molecule has 2 aliphatic rings. The van der Waals surface area contributed by atoms with Crippen LogP contribution in [0.4, 0.5) is 0 Å². The maximum atomic E-state index is 11.9. The average molecular weight is 339 g/mol. The second-order valence-electron chi connectivity index (χ2n) is 6.15. The van der Waals surface area contributed by atoms with Crippen LogP contribution in [0.2, 0.25) is 0 Å². The quantitative estimate of drug-likeness (QED) is 0.484. The van der Waals surface area contributed by atoms with E-state index in [1.165, 1.54) is 11.8 Å². The summed E-state index contributed by atoms with van der Waals surface area (Å²) in [4.78, 5) is 51.3. The SMILES string of the molecule is CC(=O)OCC(=O)N1CCN(CCCN2C(=O)CCCC2=O)CC1. The standard InChI is InChI=1S/C16H25N3O5/c1-13(20)24-12-16(23)18-10-8-17(9-11-18)6-3-7-19-14(21)4-2-5-15(19)22/h2-12H2,1H3. The maximum Gasteiger partial charge on any atom is 0.303 e. The molecule has 0 N–H and O–H groups in total. The Morgan fingerprint density at radius 3 is 2.21 bits per heavy atom. The fourth-order valence-corrected chi connectivity index (χ4v) is 2.98. The first-order valence-corrected chi connectivity index (χ1v) is 8.44. The van der Waals surface area contributed by atoms with Gasteiger partial charge in [-0.15, -0.1) is 0 Å². The van der Waals surface area contributed by atoms with Gasteiger partial charge >= 0.3 is 5.97 Å². The van der Waals surface area contributed by atoms with E-state index in [9.17, 15) is 19.2 Å². The molecule has 2 fully saturated rings. The summed E-state index contributed by atoms with van der Waals surface area (Å²) < 4.78 is 4.72. The summed E-state index contributed by atoms with van der Waals surface area (Å²) in [6.07, 6.45) is 2.35. The molecular formula is C16H25N3O5. The van der Waals surface area contributed by atoms with Crippen LogP contribution in [0, 0.1) is 0 Å². The van der Waals surface area contributed by atoms with E-state index in [1.54, 1.807) is 4.90 Å². The number of ether oxygens (including phenoxy) is 1. The summed E-state index contributed by atoms with van der Waals surface area (Å²) in [6, 6.07) is 0. The van der Waals surface area contributed by atoms with Crippen molar-refractivity contribution in [2.24, 2.45) is 0 Å². The van der Waals surface area contributed by atoms with Crippen LogP contribution in [0.3, 0.4) is 0 Å². The Labute approximate surface area is 141 Å². The number of carbonyl (C=O) groups excluding carboxylic acids is 4. The lowest BCUT2D eigenvalue weighted by Crippen LogP contribution is -2.50. The molecular weight excluding hydrogens is 314 g/mol. The number of piperazine rings is 1. The maximum absolute atomic E-state index is 11.9. The molecule has 2 saturated heterocycles. The second kappa shape index (κ2) is 8.77. The smallest absolute Gasteiger partial charge is 0.303 e. The fourth-order valence-electron chi connectivity index (χ4n) is 2.98. The summed E-state index contributed by atoms with van der Waals surface area (Å²) >= 11 is 0. The highest BCUT2D eigenvalue weighted by Crippen LogP contribution is 2.13. The van der Waals surface area contributed by atoms with Gasteiger partial charge in [-0.3, -0.25) is 29.0 Å². The van der Waals surface area contributed by atoms with E-state index >= 15 is 0 Å². The highest BCUT2D eigenvalue weighted by molar-refractivity contribution is 5.97. The van der Waals surface area contributed by atoms with Gasteiger partial charge in [0.25, 0.3) is 5.91 Å². The average Bonchev–Trinajstić information content (AvgIpc) is 2.56. The van der Waals surface area contributed by atoms with Crippen molar-refractivity contribution >= 4 is 23.7 Å². The molecule has 24 heavy (non-hydrogen) atoms. The number of hydrogen-bond acceptors (Lipinski definition) is 6. The van der Waals surface area contributed by atoms with Crippen molar-refractivity contribution in [1.29, 1.82) is 0 Å². The molecule has 0 spiro atoms. The van der Waals surface area contributed by atoms with Crippen LogP contribution >= 0.6 is 0 Å². The van der Waals surface area contributed by atoms with Gasteiger partial charge in [0.2, 0.25) is 11.8 Å². The summed E-state index contributed by atoms with van der Waals surface area (Å²) in [7, 11) is 0. The molecule has 0 atom stereocenters. The number of piperidine rings is 1. The van der Waals surface area contributed by atoms with Crippen LogP contribution < -0.4 is 0 Å². The van der Waals surface area contributed by atoms with E-state index in [-0.39, 0.29) is 24.3 Å². The third-order valence-corrected chi connectivity index (χ3v) is 4.36. The number of amides is 3. The van der Waals surface area contributed by atoms with Gasteiger partial charge in [0.15, 0.2) is 6.61 Å². The van der Waals surface area contributed by atoms with Gasteiger partial charge in [0, 0.05) is 52.5 Å². The molecule has 8 nitrogen and oxygen atoms in total. The molecule has 2 heterocycles. The van der Waals surface area contributed by atoms with E-state index in [1.807, 2.05) is 0 Å². The zero-order chi connectivity index (χ0) is 17.5. The topological polar surface area (TPSA) is 87.2 Å². The Bertz CT molecular complexity index is 484. The first kappa shape index (κ1) is 18.4. The monoisotopic (exact) mass is 339 g/mol.